The maximum absolute atomic E-state index is 12.0. The van der Waals surface area contributed by atoms with Gasteiger partial charge in [0.1, 0.15) is 18.8 Å². The number of benzene rings is 3. The van der Waals surface area contributed by atoms with Crippen molar-refractivity contribution in [2.45, 2.75) is 13.0 Å². The van der Waals surface area contributed by atoms with Crippen LogP contribution in [0.15, 0.2) is 76.3 Å². The first kappa shape index (κ1) is 23.8. The molecule has 0 fully saturated rings. The van der Waals surface area contributed by atoms with Crippen LogP contribution in [0.5, 0.6) is 5.75 Å². The van der Waals surface area contributed by atoms with Crippen LogP contribution in [0.25, 0.3) is 0 Å². The van der Waals surface area contributed by atoms with E-state index in [-0.39, 0.29) is 6.42 Å². The fourth-order valence-corrected chi connectivity index (χ4v) is 3.42. The van der Waals surface area contributed by atoms with Crippen LogP contribution < -0.4 is 15.5 Å². The smallest absolute Gasteiger partial charge is 0.249 e. The highest BCUT2D eigenvalue weighted by atomic mass is 79.9. The Hall–Kier alpha value is -2.87. The minimum Gasteiger partial charge on any atom is -0.489 e. The topological polar surface area (TPSA) is 79.8 Å². The van der Waals surface area contributed by atoms with Crippen molar-refractivity contribution in [3.63, 3.8) is 0 Å². The molecule has 0 unspecified atom stereocenters. The summed E-state index contributed by atoms with van der Waals surface area (Å²) in [5, 5.41) is 7.65. The Morgan fingerprint density at radius 3 is 2.47 bits per heavy atom. The Balaban J connectivity index is 1.44. The monoisotopic (exact) mass is 533 g/mol. The predicted molar refractivity (Wildman–Crippen MR) is 130 cm³/mol. The van der Waals surface area contributed by atoms with Gasteiger partial charge in [0.2, 0.25) is 11.8 Å². The zero-order chi connectivity index (χ0) is 22.9. The summed E-state index contributed by atoms with van der Waals surface area (Å²) in [6.07, 6.45) is 1.13. The van der Waals surface area contributed by atoms with Crippen molar-refractivity contribution in [1.82, 2.24) is 5.43 Å². The Kier molecular flexibility index (Phi) is 8.67. The number of carbonyl (C=O) groups is 2. The van der Waals surface area contributed by atoms with E-state index in [1.54, 1.807) is 54.6 Å². The van der Waals surface area contributed by atoms with Crippen molar-refractivity contribution in [2.24, 2.45) is 5.10 Å². The fraction of sp³-hybridized carbons (Fsp3) is 0.0870. The summed E-state index contributed by atoms with van der Waals surface area (Å²) in [6, 6.07) is 19.5. The number of ether oxygens (including phenoxy) is 1. The molecule has 0 radical (unpaired) electrons. The van der Waals surface area contributed by atoms with E-state index in [0.717, 1.165) is 15.6 Å². The molecule has 2 N–H and O–H groups in total. The molecule has 0 spiro atoms. The van der Waals surface area contributed by atoms with E-state index < -0.39 is 11.8 Å². The Labute approximate surface area is 203 Å². The van der Waals surface area contributed by atoms with Crippen molar-refractivity contribution < 1.29 is 14.3 Å². The van der Waals surface area contributed by atoms with Gasteiger partial charge in [-0.3, -0.25) is 9.59 Å². The van der Waals surface area contributed by atoms with Crippen LogP contribution in [0, 0.1) is 0 Å². The van der Waals surface area contributed by atoms with Gasteiger partial charge in [0.15, 0.2) is 0 Å². The molecule has 6 nitrogen and oxygen atoms in total. The number of anilines is 1. The third-order valence-corrected chi connectivity index (χ3v) is 5.44. The van der Waals surface area contributed by atoms with E-state index in [0.29, 0.717) is 28.1 Å². The van der Waals surface area contributed by atoms with Gasteiger partial charge in [0, 0.05) is 20.1 Å². The maximum Gasteiger partial charge on any atom is 0.249 e. The van der Waals surface area contributed by atoms with Crippen LogP contribution in [0.2, 0.25) is 10.0 Å². The lowest BCUT2D eigenvalue weighted by atomic mass is 10.2. The van der Waals surface area contributed by atoms with E-state index in [1.165, 1.54) is 6.21 Å². The summed E-state index contributed by atoms with van der Waals surface area (Å²) in [5.41, 5.74) is 4.50. The van der Waals surface area contributed by atoms with E-state index in [9.17, 15) is 9.59 Å². The molecule has 0 aliphatic carbocycles. The van der Waals surface area contributed by atoms with E-state index in [4.69, 9.17) is 27.9 Å². The lowest BCUT2D eigenvalue weighted by Crippen LogP contribution is -2.24. The van der Waals surface area contributed by atoms with Crippen LogP contribution in [0.1, 0.15) is 17.5 Å². The molecular formula is C23H18BrCl2N3O3. The maximum atomic E-state index is 12.0. The number of rotatable bonds is 8. The van der Waals surface area contributed by atoms with Crippen molar-refractivity contribution in [3.8, 4) is 5.75 Å². The van der Waals surface area contributed by atoms with Gasteiger partial charge in [-0.2, -0.15) is 5.10 Å². The molecule has 0 saturated heterocycles. The van der Waals surface area contributed by atoms with Gasteiger partial charge >= 0.3 is 0 Å². The number of hydrazone groups is 1. The molecule has 0 aliphatic rings. The van der Waals surface area contributed by atoms with Crippen molar-refractivity contribution in [1.29, 1.82) is 0 Å². The van der Waals surface area contributed by atoms with E-state index in [1.807, 2.05) is 12.1 Å². The van der Waals surface area contributed by atoms with Crippen molar-refractivity contribution in [3.05, 3.63) is 92.4 Å². The molecule has 0 atom stereocenters. The number of hydrogen-bond acceptors (Lipinski definition) is 4. The second-order valence-corrected chi connectivity index (χ2v) is 8.29. The molecule has 3 aromatic carbocycles. The SMILES string of the molecule is O=C(CC(=O)Nc1ccccc1Br)NN=Cc1ccc(OCc2ccc(Cl)cc2Cl)cc1. The summed E-state index contributed by atoms with van der Waals surface area (Å²) >= 11 is 15.4. The summed E-state index contributed by atoms with van der Waals surface area (Å²) in [6.45, 7) is 0.307. The van der Waals surface area contributed by atoms with Crippen LogP contribution >= 0.6 is 39.1 Å². The molecule has 0 heterocycles. The molecule has 9 heteroatoms. The average molecular weight is 535 g/mol. The van der Waals surface area contributed by atoms with Crippen LogP contribution in [0.4, 0.5) is 5.69 Å². The molecule has 0 aliphatic heterocycles. The van der Waals surface area contributed by atoms with Crippen molar-refractivity contribution in [2.75, 3.05) is 5.32 Å². The third-order valence-electron chi connectivity index (χ3n) is 4.16. The van der Waals surface area contributed by atoms with Crippen LogP contribution in [-0.4, -0.2) is 18.0 Å². The molecule has 0 saturated carbocycles. The first-order valence-electron chi connectivity index (χ1n) is 9.44. The number of para-hydroxylation sites is 1. The van der Waals surface area contributed by atoms with E-state index >= 15 is 0 Å². The molecule has 0 aromatic heterocycles. The van der Waals surface area contributed by atoms with Crippen molar-refractivity contribution >= 4 is 62.8 Å². The van der Waals surface area contributed by atoms with Crippen LogP contribution in [0.3, 0.4) is 0 Å². The zero-order valence-electron chi connectivity index (χ0n) is 16.6. The highest BCUT2D eigenvalue weighted by Crippen LogP contribution is 2.23. The summed E-state index contributed by atoms with van der Waals surface area (Å²) in [4.78, 5) is 23.9. The second kappa shape index (κ2) is 11.7. The largest absolute Gasteiger partial charge is 0.489 e. The van der Waals surface area contributed by atoms with Gasteiger partial charge < -0.3 is 10.1 Å². The average Bonchev–Trinajstić information content (AvgIpc) is 2.75. The minimum atomic E-state index is -0.523. The molecule has 0 bridgehead atoms. The lowest BCUT2D eigenvalue weighted by molar-refractivity contribution is -0.126. The molecule has 2 amide bonds. The summed E-state index contributed by atoms with van der Waals surface area (Å²) in [5.74, 6) is -0.307. The highest BCUT2D eigenvalue weighted by Gasteiger charge is 2.10. The Morgan fingerprint density at radius 1 is 1.00 bits per heavy atom. The van der Waals surface area contributed by atoms with Gasteiger partial charge in [-0.25, -0.2) is 5.43 Å². The molecular weight excluding hydrogens is 517 g/mol. The number of amides is 2. The number of halogens is 3. The number of hydrogen-bond donors (Lipinski definition) is 2. The number of carbonyl (C=O) groups excluding carboxylic acids is 2. The molecule has 3 rings (SSSR count). The Morgan fingerprint density at radius 2 is 1.75 bits per heavy atom. The van der Waals surface area contributed by atoms with Crippen LogP contribution in [-0.2, 0) is 16.2 Å². The van der Waals surface area contributed by atoms with E-state index in [2.05, 4.69) is 31.8 Å². The highest BCUT2D eigenvalue weighted by molar-refractivity contribution is 9.10. The van der Waals surface area contributed by atoms with Gasteiger partial charge in [-0.1, -0.05) is 41.4 Å². The van der Waals surface area contributed by atoms with Gasteiger partial charge in [-0.15, -0.1) is 0 Å². The number of nitrogens with zero attached hydrogens (tertiary/aromatic N) is 1. The second-order valence-electron chi connectivity index (χ2n) is 6.59. The normalized spacial score (nSPS) is 10.7. The predicted octanol–water partition coefficient (Wildman–Crippen LogP) is 5.81. The van der Waals surface area contributed by atoms with Gasteiger partial charge in [0.05, 0.1) is 11.9 Å². The quantitative estimate of drug-likeness (QED) is 0.217. The zero-order valence-corrected chi connectivity index (χ0v) is 19.7. The minimum absolute atomic E-state index is 0.307. The Bertz CT molecular complexity index is 1140. The van der Waals surface area contributed by atoms with Gasteiger partial charge in [-0.05, 0) is 70.0 Å². The third kappa shape index (κ3) is 7.37. The first-order valence-corrected chi connectivity index (χ1v) is 11.0. The van der Waals surface area contributed by atoms with Gasteiger partial charge in [0.25, 0.3) is 0 Å². The fourth-order valence-electron chi connectivity index (χ4n) is 2.57. The lowest BCUT2D eigenvalue weighted by Gasteiger charge is -2.08. The summed E-state index contributed by atoms with van der Waals surface area (Å²) < 4.78 is 6.45. The molecule has 164 valence electrons. The standard InChI is InChI=1S/C23H18BrCl2N3O3/c24-19-3-1-2-4-21(19)28-22(30)12-23(31)29-27-13-15-5-9-18(10-6-15)32-14-16-7-8-17(25)11-20(16)26/h1-11,13H,12,14H2,(H,28,30)(H,29,31). The first-order chi connectivity index (χ1) is 15.4. The molecule has 3 aromatic rings. The molecule has 32 heavy (non-hydrogen) atoms. The number of nitrogens with one attached hydrogen (secondary N) is 2. The summed E-state index contributed by atoms with van der Waals surface area (Å²) in [7, 11) is 0.